The molecule has 1 aromatic carbocycles. The third kappa shape index (κ3) is 3.57. The van der Waals surface area contributed by atoms with Crippen LogP contribution in [0.2, 0.25) is 0 Å². The molecule has 2 aromatic rings. The van der Waals surface area contributed by atoms with Crippen LogP contribution in [0.15, 0.2) is 47.0 Å². The van der Waals surface area contributed by atoms with E-state index in [1.165, 1.54) is 12.4 Å². The first kappa shape index (κ1) is 15.2. The summed E-state index contributed by atoms with van der Waals surface area (Å²) < 4.78 is 28.0. The molecule has 0 radical (unpaired) electrons. The van der Waals surface area contributed by atoms with Gasteiger partial charge in [0, 0.05) is 6.26 Å². The fourth-order valence-corrected chi connectivity index (χ4v) is 2.46. The number of aromatic nitrogens is 2. The summed E-state index contributed by atoms with van der Waals surface area (Å²) in [6.45, 7) is 0. The Kier molecular flexibility index (Phi) is 3.87. The van der Waals surface area contributed by atoms with Gasteiger partial charge in [-0.2, -0.15) is 0 Å². The summed E-state index contributed by atoms with van der Waals surface area (Å²) in [6.07, 6.45) is 3.65. The Morgan fingerprint density at radius 3 is 2.48 bits per heavy atom. The second-order valence-corrected chi connectivity index (χ2v) is 6.86. The van der Waals surface area contributed by atoms with E-state index in [1.807, 2.05) is 0 Å². The zero-order valence-electron chi connectivity index (χ0n) is 12.1. The van der Waals surface area contributed by atoms with Crippen molar-refractivity contribution in [3.63, 3.8) is 0 Å². The Morgan fingerprint density at radius 2 is 1.87 bits per heavy atom. The van der Waals surface area contributed by atoms with Gasteiger partial charge in [0.25, 0.3) is 0 Å². The lowest BCUT2D eigenvalue weighted by Crippen LogP contribution is -2.09. The normalized spacial score (nSPS) is 17.4. The van der Waals surface area contributed by atoms with E-state index in [9.17, 15) is 13.5 Å². The molecule has 23 heavy (non-hydrogen) atoms. The van der Waals surface area contributed by atoms with Crippen LogP contribution in [0, 0.1) is 0 Å². The van der Waals surface area contributed by atoms with Gasteiger partial charge in [-0.15, -0.1) is 0 Å². The van der Waals surface area contributed by atoms with Crippen LogP contribution < -0.4 is 4.74 Å². The summed E-state index contributed by atoms with van der Waals surface area (Å²) in [4.78, 5) is 12.7. The highest BCUT2D eigenvalue weighted by Crippen LogP contribution is 2.29. The molecule has 0 bridgehead atoms. The molecule has 1 aliphatic rings. The summed E-state index contributed by atoms with van der Waals surface area (Å²) >= 11 is 0. The fourth-order valence-electron chi connectivity index (χ4n) is 1.97. The van der Waals surface area contributed by atoms with E-state index < -0.39 is 9.84 Å². The maximum atomic E-state index is 11.3. The van der Waals surface area contributed by atoms with Crippen molar-refractivity contribution in [2.45, 2.75) is 17.7 Å². The largest absolute Gasteiger partial charge is 0.508 e. The first-order valence-electron chi connectivity index (χ1n) is 6.63. The second kappa shape index (κ2) is 5.84. The smallest absolute Gasteiger partial charge is 0.246 e. The van der Waals surface area contributed by atoms with Gasteiger partial charge in [0.1, 0.15) is 5.75 Å². The molecule has 9 heteroatoms. The summed E-state index contributed by atoms with van der Waals surface area (Å²) in [7, 11) is -3.45. The third-order valence-corrected chi connectivity index (χ3v) is 3.95. The Morgan fingerprint density at radius 1 is 1.22 bits per heavy atom. The maximum Gasteiger partial charge on any atom is 0.246 e. The van der Waals surface area contributed by atoms with E-state index in [0.717, 1.165) is 11.8 Å². The third-order valence-electron chi connectivity index (χ3n) is 3.08. The monoisotopic (exact) mass is 335 g/mol. The number of nitrogens with zero attached hydrogens (tertiary/aromatic N) is 3. The van der Waals surface area contributed by atoms with Crippen LogP contribution in [-0.2, 0) is 14.7 Å². The molecule has 1 aromatic heterocycles. The van der Waals surface area contributed by atoms with E-state index in [2.05, 4.69) is 15.1 Å². The molecule has 1 aliphatic heterocycles. The van der Waals surface area contributed by atoms with Crippen molar-refractivity contribution in [1.82, 2.24) is 9.97 Å². The molecule has 0 spiro atoms. The van der Waals surface area contributed by atoms with Crippen molar-refractivity contribution >= 4 is 15.7 Å². The lowest BCUT2D eigenvalue weighted by atomic mass is 10.1. The molecule has 120 valence electrons. The second-order valence-electron chi connectivity index (χ2n) is 4.95. The van der Waals surface area contributed by atoms with Gasteiger partial charge in [0.2, 0.25) is 20.9 Å². The molecule has 1 atom stereocenters. The molecule has 1 N–H and O–H groups in total. The summed E-state index contributed by atoms with van der Waals surface area (Å²) in [6, 6.07) is 6.61. The van der Waals surface area contributed by atoms with Gasteiger partial charge in [0.15, 0.2) is 11.9 Å². The summed E-state index contributed by atoms with van der Waals surface area (Å²) in [5.41, 5.74) is 0.855. The number of phenolic OH excluding ortho intramolecular Hbond substituents is 1. The molecule has 2 heterocycles. The maximum absolute atomic E-state index is 11.3. The topological polar surface area (TPSA) is 111 Å². The number of ether oxygens (including phenoxy) is 1. The highest BCUT2D eigenvalue weighted by atomic mass is 32.2. The van der Waals surface area contributed by atoms with Crippen LogP contribution >= 0.6 is 0 Å². The number of aromatic hydroxyl groups is 1. The van der Waals surface area contributed by atoms with E-state index in [0.29, 0.717) is 12.3 Å². The minimum absolute atomic E-state index is 0.173. The first-order valence-corrected chi connectivity index (χ1v) is 8.52. The van der Waals surface area contributed by atoms with E-state index in [4.69, 9.17) is 9.57 Å². The molecule has 0 amide bonds. The molecular formula is C14H13N3O5S. The van der Waals surface area contributed by atoms with Crippen molar-refractivity contribution in [2.75, 3.05) is 6.26 Å². The van der Waals surface area contributed by atoms with Gasteiger partial charge in [-0.3, -0.25) is 0 Å². The molecule has 0 unspecified atom stereocenters. The average molecular weight is 335 g/mol. The zero-order chi connectivity index (χ0) is 16.4. The van der Waals surface area contributed by atoms with Crippen molar-refractivity contribution in [2.24, 2.45) is 5.16 Å². The molecule has 3 rings (SSSR count). The number of hydrogen-bond acceptors (Lipinski definition) is 8. The van der Waals surface area contributed by atoms with Crippen LogP contribution in [0.4, 0.5) is 0 Å². The Balaban J connectivity index is 1.65. The first-order chi connectivity index (χ1) is 10.9. The number of phenols is 1. The lowest BCUT2D eigenvalue weighted by molar-refractivity contribution is 0.0855. The predicted octanol–water partition coefficient (Wildman–Crippen LogP) is 1.44. The van der Waals surface area contributed by atoms with Gasteiger partial charge in [-0.05, 0) is 17.7 Å². The van der Waals surface area contributed by atoms with Gasteiger partial charge >= 0.3 is 0 Å². The quantitative estimate of drug-likeness (QED) is 0.845. The Hall–Kier alpha value is -2.68. The van der Waals surface area contributed by atoms with Crippen LogP contribution in [-0.4, -0.2) is 35.6 Å². The van der Waals surface area contributed by atoms with E-state index >= 15 is 0 Å². The van der Waals surface area contributed by atoms with Crippen molar-refractivity contribution in [1.29, 1.82) is 0 Å². The van der Waals surface area contributed by atoms with E-state index in [1.54, 1.807) is 24.3 Å². The molecule has 8 nitrogen and oxygen atoms in total. The molecule has 0 saturated carbocycles. The van der Waals surface area contributed by atoms with Gasteiger partial charge in [-0.25, -0.2) is 18.4 Å². The lowest BCUT2D eigenvalue weighted by Gasteiger charge is -2.08. The van der Waals surface area contributed by atoms with Gasteiger partial charge in [0.05, 0.1) is 18.8 Å². The summed E-state index contributed by atoms with van der Waals surface area (Å²) in [5.74, 6) is 0.775. The minimum Gasteiger partial charge on any atom is -0.508 e. The number of hydrogen-bond donors (Lipinski definition) is 1. The SMILES string of the molecule is CS(=O)(=O)c1ncc(OC2=NO[C@H](c3ccc(O)cc3)C2)cn1. The fraction of sp³-hybridized carbons (Fsp3) is 0.214. The van der Waals surface area contributed by atoms with Gasteiger partial charge in [-0.1, -0.05) is 17.3 Å². The van der Waals surface area contributed by atoms with Crippen molar-refractivity contribution < 1.29 is 23.1 Å². The van der Waals surface area contributed by atoms with Crippen LogP contribution in [0.5, 0.6) is 11.5 Å². The number of rotatable bonds is 3. The number of oxime groups is 1. The molecular weight excluding hydrogens is 322 g/mol. The Labute approximate surface area is 132 Å². The minimum atomic E-state index is -3.45. The van der Waals surface area contributed by atoms with E-state index in [-0.39, 0.29) is 22.8 Å². The Bertz CT molecular complexity index is 832. The standard InChI is InChI=1S/C14H13N3O5S/c1-23(19,20)14-15-7-11(8-16-14)21-13-6-12(22-17-13)9-2-4-10(18)5-3-9/h2-5,7-8,12,18H,6H2,1H3/t12-/m0/s1. The highest BCUT2D eigenvalue weighted by Gasteiger charge is 2.24. The van der Waals surface area contributed by atoms with Crippen LogP contribution in [0.25, 0.3) is 0 Å². The number of benzene rings is 1. The van der Waals surface area contributed by atoms with Crippen molar-refractivity contribution in [3.05, 3.63) is 42.2 Å². The predicted molar refractivity (Wildman–Crippen MR) is 79.8 cm³/mol. The zero-order valence-corrected chi connectivity index (χ0v) is 12.9. The molecule has 0 saturated heterocycles. The average Bonchev–Trinajstić information content (AvgIpc) is 2.96. The van der Waals surface area contributed by atoms with Crippen molar-refractivity contribution in [3.8, 4) is 11.5 Å². The molecule has 0 aliphatic carbocycles. The van der Waals surface area contributed by atoms with Crippen LogP contribution in [0.3, 0.4) is 0 Å². The summed E-state index contributed by atoms with van der Waals surface area (Å²) in [5, 5.41) is 12.8. The van der Waals surface area contributed by atoms with Crippen LogP contribution in [0.1, 0.15) is 18.1 Å². The van der Waals surface area contributed by atoms with Gasteiger partial charge < -0.3 is 14.7 Å². The highest BCUT2D eigenvalue weighted by molar-refractivity contribution is 7.90. The number of sulfone groups is 1. The molecule has 0 fully saturated rings.